The lowest BCUT2D eigenvalue weighted by molar-refractivity contribution is 0.782. The molecule has 2 heterocycles. The maximum atomic E-state index is 5.66. The number of nitrogens with zero attached hydrogens (tertiary/aromatic N) is 2. The Labute approximate surface area is 88.7 Å². The summed E-state index contributed by atoms with van der Waals surface area (Å²) in [6, 6.07) is 3.97. The first kappa shape index (κ1) is 9.65. The first-order valence-corrected chi connectivity index (χ1v) is 5.88. The molecule has 1 aromatic rings. The normalized spacial score (nSPS) is 22.4. The van der Waals surface area contributed by atoms with E-state index in [-0.39, 0.29) is 0 Å². The van der Waals surface area contributed by atoms with Crippen molar-refractivity contribution in [3.8, 4) is 0 Å². The average Bonchev–Trinajstić information content (AvgIpc) is 2.18. The van der Waals surface area contributed by atoms with Gasteiger partial charge in [-0.1, -0.05) is 6.92 Å². The molecule has 0 bridgehead atoms. The minimum Gasteiger partial charge on any atom is -0.384 e. The Bertz CT molecular complexity index is 316. The van der Waals surface area contributed by atoms with Crippen molar-refractivity contribution in [1.82, 2.24) is 4.98 Å². The van der Waals surface area contributed by atoms with Crippen LogP contribution in [0.25, 0.3) is 0 Å². The van der Waals surface area contributed by atoms with Gasteiger partial charge in [-0.05, 0) is 6.07 Å². The number of aromatic nitrogens is 1. The highest BCUT2D eigenvalue weighted by Gasteiger charge is 2.16. The highest BCUT2D eigenvalue weighted by Crippen LogP contribution is 2.23. The van der Waals surface area contributed by atoms with Crippen LogP contribution < -0.4 is 10.6 Å². The fraction of sp³-hybridized carbons (Fsp3) is 0.500. The molecule has 1 saturated heterocycles. The SMILES string of the molecule is CC1CN(c2ccnc(N)c2)CCS1. The molecular weight excluding hydrogens is 194 g/mol. The molecule has 1 aliphatic heterocycles. The van der Waals surface area contributed by atoms with Crippen LogP contribution in [-0.4, -0.2) is 29.1 Å². The van der Waals surface area contributed by atoms with Crippen LogP contribution in [0.1, 0.15) is 6.92 Å². The van der Waals surface area contributed by atoms with Crippen LogP contribution in [0.2, 0.25) is 0 Å². The third-order valence-electron chi connectivity index (χ3n) is 2.37. The van der Waals surface area contributed by atoms with Gasteiger partial charge in [-0.25, -0.2) is 4.98 Å². The number of rotatable bonds is 1. The van der Waals surface area contributed by atoms with Crippen molar-refractivity contribution >= 4 is 23.3 Å². The van der Waals surface area contributed by atoms with E-state index in [2.05, 4.69) is 16.8 Å². The number of thioether (sulfide) groups is 1. The van der Waals surface area contributed by atoms with Crippen molar-refractivity contribution in [2.45, 2.75) is 12.2 Å². The van der Waals surface area contributed by atoms with E-state index in [9.17, 15) is 0 Å². The second-order valence-corrected chi connectivity index (χ2v) is 5.11. The molecule has 0 saturated carbocycles. The molecule has 4 heteroatoms. The van der Waals surface area contributed by atoms with Crippen LogP contribution in [0.4, 0.5) is 11.5 Å². The standard InChI is InChI=1S/C10H15N3S/c1-8-7-13(4-5-14-8)9-2-3-12-10(11)6-9/h2-3,6,8H,4-5,7H2,1H3,(H2,11,12). The molecule has 0 amide bonds. The average molecular weight is 209 g/mol. The molecule has 0 radical (unpaired) electrons. The third-order valence-corrected chi connectivity index (χ3v) is 3.51. The van der Waals surface area contributed by atoms with Crippen molar-refractivity contribution in [1.29, 1.82) is 0 Å². The minimum absolute atomic E-state index is 0.605. The Kier molecular flexibility index (Phi) is 2.82. The lowest BCUT2D eigenvalue weighted by Gasteiger charge is -2.32. The summed E-state index contributed by atoms with van der Waals surface area (Å²) in [6.07, 6.45) is 1.77. The molecule has 0 aliphatic carbocycles. The zero-order valence-electron chi connectivity index (χ0n) is 8.31. The molecular formula is C10H15N3S. The summed E-state index contributed by atoms with van der Waals surface area (Å²) in [6.45, 7) is 4.48. The number of nitrogens with two attached hydrogens (primary N) is 1. The Morgan fingerprint density at radius 3 is 3.21 bits per heavy atom. The highest BCUT2D eigenvalue weighted by molar-refractivity contribution is 8.00. The van der Waals surface area contributed by atoms with Gasteiger partial charge < -0.3 is 10.6 Å². The van der Waals surface area contributed by atoms with Crippen molar-refractivity contribution in [3.05, 3.63) is 18.3 Å². The largest absolute Gasteiger partial charge is 0.384 e. The first-order valence-electron chi connectivity index (χ1n) is 4.84. The minimum atomic E-state index is 0.605. The predicted octanol–water partition coefficient (Wildman–Crippen LogP) is 1.61. The van der Waals surface area contributed by atoms with Gasteiger partial charge in [-0.3, -0.25) is 0 Å². The second kappa shape index (κ2) is 4.09. The molecule has 2 rings (SSSR count). The summed E-state index contributed by atoms with van der Waals surface area (Å²) in [4.78, 5) is 6.37. The van der Waals surface area contributed by atoms with Gasteiger partial charge in [0.25, 0.3) is 0 Å². The molecule has 76 valence electrons. The second-order valence-electron chi connectivity index (χ2n) is 3.57. The lowest BCUT2D eigenvalue weighted by atomic mass is 10.3. The van der Waals surface area contributed by atoms with E-state index in [1.54, 1.807) is 6.20 Å². The Morgan fingerprint density at radius 2 is 2.50 bits per heavy atom. The van der Waals surface area contributed by atoms with Gasteiger partial charge in [0, 0.05) is 42.0 Å². The van der Waals surface area contributed by atoms with Crippen LogP contribution in [0, 0.1) is 0 Å². The molecule has 0 spiro atoms. The summed E-state index contributed by atoms with van der Waals surface area (Å²) in [7, 11) is 0. The molecule has 1 unspecified atom stereocenters. The van der Waals surface area contributed by atoms with E-state index >= 15 is 0 Å². The predicted molar refractivity (Wildman–Crippen MR) is 62.8 cm³/mol. The van der Waals surface area contributed by atoms with Crippen LogP contribution in [0.5, 0.6) is 0 Å². The van der Waals surface area contributed by atoms with E-state index in [0.717, 1.165) is 13.1 Å². The number of anilines is 2. The zero-order valence-corrected chi connectivity index (χ0v) is 9.13. The summed E-state index contributed by atoms with van der Waals surface area (Å²) in [5, 5.41) is 0.707. The van der Waals surface area contributed by atoms with E-state index in [1.807, 2.05) is 23.9 Å². The van der Waals surface area contributed by atoms with E-state index in [0.29, 0.717) is 11.1 Å². The first-order chi connectivity index (χ1) is 6.75. The molecule has 1 aromatic heterocycles. The van der Waals surface area contributed by atoms with Crippen molar-refractivity contribution in [2.75, 3.05) is 29.5 Å². The van der Waals surface area contributed by atoms with Crippen LogP contribution >= 0.6 is 11.8 Å². The molecule has 0 aromatic carbocycles. The quantitative estimate of drug-likeness (QED) is 0.763. The van der Waals surface area contributed by atoms with E-state index < -0.39 is 0 Å². The Morgan fingerprint density at radius 1 is 1.64 bits per heavy atom. The monoisotopic (exact) mass is 209 g/mol. The third kappa shape index (κ3) is 2.12. The smallest absolute Gasteiger partial charge is 0.125 e. The molecule has 1 atom stereocenters. The van der Waals surface area contributed by atoms with Gasteiger partial charge >= 0.3 is 0 Å². The van der Waals surface area contributed by atoms with Gasteiger partial charge in [0.1, 0.15) is 5.82 Å². The number of hydrogen-bond acceptors (Lipinski definition) is 4. The number of nitrogen functional groups attached to an aromatic ring is 1. The van der Waals surface area contributed by atoms with Gasteiger partial charge in [-0.15, -0.1) is 0 Å². The lowest BCUT2D eigenvalue weighted by Crippen LogP contribution is -2.36. The maximum absolute atomic E-state index is 5.66. The number of hydrogen-bond donors (Lipinski definition) is 1. The van der Waals surface area contributed by atoms with Gasteiger partial charge in [0.2, 0.25) is 0 Å². The fourth-order valence-corrected chi connectivity index (χ4v) is 2.70. The van der Waals surface area contributed by atoms with Crippen LogP contribution in [0.3, 0.4) is 0 Å². The topological polar surface area (TPSA) is 42.2 Å². The van der Waals surface area contributed by atoms with Gasteiger partial charge in [0.05, 0.1) is 0 Å². The molecule has 2 N–H and O–H groups in total. The van der Waals surface area contributed by atoms with E-state index in [4.69, 9.17) is 5.73 Å². The van der Waals surface area contributed by atoms with Crippen LogP contribution in [0.15, 0.2) is 18.3 Å². The summed E-state index contributed by atoms with van der Waals surface area (Å²) >= 11 is 2.03. The zero-order chi connectivity index (χ0) is 9.97. The number of pyridine rings is 1. The molecule has 14 heavy (non-hydrogen) atoms. The summed E-state index contributed by atoms with van der Waals surface area (Å²) in [5.74, 6) is 1.80. The summed E-state index contributed by atoms with van der Waals surface area (Å²) < 4.78 is 0. The van der Waals surface area contributed by atoms with Crippen LogP contribution in [-0.2, 0) is 0 Å². The highest BCUT2D eigenvalue weighted by atomic mass is 32.2. The molecule has 1 aliphatic rings. The van der Waals surface area contributed by atoms with E-state index in [1.165, 1.54) is 11.4 Å². The maximum Gasteiger partial charge on any atom is 0.125 e. The fourth-order valence-electron chi connectivity index (χ4n) is 1.69. The van der Waals surface area contributed by atoms with Crippen molar-refractivity contribution < 1.29 is 0 Å². The van der Waals surface area contributed by atoms with Gasteiger partial charge in [-0.2, -0.15) is 11.8 Å². The van der Waals surface area contributed by atoms with Crippen molar-refractivity contribution in [3.63, 3.8) is 0 Å². The van der Waals surface area contributed by atoms with Crippen molar-refractivity contribution in [2.24, 2.45) is 0 Å². The van der Waals surface area contributed by atoms with Gasteiger partial charge in [0.15, 0.2) is 0 Å². The summed E-state index contributed by atoms with van der Waals surface area (Å²) in [5.41, 5.74) is 6.86. The Balaban J connectivity index is 2.14. The molecule has 1 fully saturated rings. The molecule has 3 nitrogen and oxygen atoms in total. The Hall–Kier alpha value is -0.900.